The first-order valence-electron chi connectivity index (χ1n) is 10.9. The molecule has 0 fully saturated rings. The number of methoxy groups -OCH3 is 2. The number of ether oxygens (including phenoxy) is 2. The molecule has 0 bridgehead atoms. The maximum atomic E-state index is 13.9. The quantitative estimate of drug-likeness (QED) is 0.438. The lowest BCUT2D eigenvalue weighted by molar-refractivity contribution is 0.0714. The number of fused-ring (bicyclic) bond motifs is 2. The first kappa shape index (κ1) is 21.7. The van der Waals surface area contributed by atoms with Crippen molar-refractivity contribution in [2.75, 3.05) is 14.2 Å². The van der Waals surface area contributed by atoms with Crippen LogP contribution in [-0.2, 0) is 6.54 Å². The second-order valence-electron chi connectivity index (χ2n) is 8.44. The van der Waals surface area contributed by atoms with Gasteiger partial charge >= 0.3 is 0 Å². The van der Waals surface area contributed by atoms with E-state index in [9.17, 15) is 9.59 Å². The smallest absolute Gasteiger partial charge is 0.291 e. The van der Waals surface area contributed by atoms with E-state index < -0.39 is 6.04 Å². The van der Waals surface area contributed by atoms with E-state index in [1.807, 2.05) is 38.1 Å². The molecule has 2 aromatic heterocycles. The molecular weight excluding hydrogens is 432 g/mol. The van der Waals surface area contributed by atoms with Crippen LogP contribution in [0.1, 0.15) is 44.4 Å². The summed E-state index contributed by atoms with van der Waals surface area (Å²) in [6, 6.07) is 12.2. The average Bonchev–Trinajstić information content (AvgIpc) is 3.10. The van der Waals surface area contributed by atoms with Gasteiger partial charge in [0.2, 0.25) is 5.76 Å². The van der Waals surface area contributed by atoms with Crippen LogP contribution >= 0.6 is 0 Å². The molecule has 1 aliphatic rings. The van der Waals surface area contributed by atoms with Crippen LogP contribution in [-0.4, -0.2) is 30.0 Å². The molecule has 0 radical (unpaired) electrons. The molecule has 34 heavy (non-hydrogen) atoms. The fraction of sp³-hybridized carbons (Fsp3) is 0.222. The van der Waals surface area contributed by atoms with Gasteiger partial charge in [-0.25, -0.2) is 0 Å². The fourth-order valence-electron chi connectivity index (χ4n) is 4.73. The second kappa shape index (κ2) is 8.33. The van der Waals surface area contributed by atoms with Gasteiger partial charge in [0.05, 0.1) is 31.2 Å². The number of rotatable bonds is 5. The van der Waals surface area contributed by atoms with Crippen LogP contribution in [0.2, 0.25) is 0 Å². The van der Waals surface area contributed by atoms with E-state index >= 15 is 0 Å². The maximum absolute atomic E-state index is 13.9. The van der Waals surface area contributed by atoms with Gasteiger partial charge in [-0.2, -0.15) is 0 Å². The monoisotopic (exact) mass is 456 g/mol. The van der Waals surface area contributed by atoms with Crippen molar-refractivity contribution in [3.05, 3.63) is 98.7 Å². The van der Waals surface area contributed by atoms with Crippen molar-refractivity contribution in [1.29, 1.82) is 0 Å². The van der Waals surface area contributed by atoms with Crippen LogP contribution in [0.5, 0.6) is 11.5 Å². The predicted octanol–water partition coefficient (Wildman–Crippen LogP) is 4.57. The number of pyridine rings is 1. The molecule has 1 amide bonds. The predicted molar refractivity (Wildman–Crippen MR) is 127 cm³/mol. The molecule has 5 rings (SSSR count). The van der Waals surface area contributed by atoms with E-state index in [1.54, 1.807) is 49.7 Å². The highest BCUT2D eigenvalue weighted by molar-refractivity contribution is 5.99. The zero-order valence-electron chi connectivity index (χ0n) is 19.4. The van der Waals surface area contributed by atoms with Crippen molar-refractivity contribution in [2.24, 2.45) is 0 Å². The minimum Gasteiger partial charge on any atom is -0.493 e. The van der Waals surface area contributed by atoms with Crippen molar-refractivity contribution in [2.45, 2.75) is 26.4 Å². The molecule has 0 saturated heterocycles. The Bertz CT molecular complexity index is 1480. The number of carbonyl (C=O) groups excluding carboxylic acids is 1. The van der Waals surface area contributed by atoms with Gasteiger partial charge in [0.25, 0.3) is 5.91 Å². The van der Waals surface area contributed by atoms with Crippen LogP contribution in [0, 0.1) is 13.8 Å². The number of benzene rings is 2. The second-order valence-corrected chi connectivity index (χ2v) is 8.44. The van der Waals surface area contributed by atoms with E-state index in [0.29, 0.717) is 28.0 Å². The molecule has 7 heteroatoms. The molecule has 0 aliphatic carbocycles. The third kappa shape index (κ3) is 3.41. The number of hydrogen-bond acceptors (Lipinski definition) is 6. The number of carbonyl (C=O) groups is 1. The lowest BCUT2D eigenvalue weighted by Gasteiger charge is -2.25. The SMILES string of the molecule is COc1ccc(C2c3c(oc4cc(C)cc(C)c4c3=O)C(=O)N2Cc2cccnc2)cc1OC. The highest BCUT2D eigenvalue weighted by atomic mass is 16.5. The van der Waals surface area contributed by atoms with Crippen LogP contribution in [0.4, 0.5) is 0 Å². The third-order valence-corrected chi connectivity index (χ3v) is 6.21. The van der Waals surface area contributed by atoms with E-state index in [2.05, 4.69) is 4.98 Å². The fourth-order valence-corrected chi connectivity index (χ4v) is 4.73. The largest absolute Gasteiger partial charge is 0.493 e. The first-order chi connectivity index (χ1) is 16.4. The summed E-state index contributed by atoms with van der Waals surface area (Å²) in [5, 5.41) is 0.492. The van der Waals surface area contributed by atoms with Crippen molar-refractivity contribution in [3.63, 3.8) is 0 Å². The standard InChI is InChI=1S/C27H24N2O5/c1-15-10-16(2)22-21(11-15)34-26-23(25(22)30)24(18-7-8-19(32-3)20(12-18)33-4)29(27(26)31)14-17-6-5-9-28-13-17/h5-13,24H,14H2,1-4H3. The van der Waals surface area contributed by atoms with Gasteiger partial charge < -0.3 is 18.8 Å². The van der Waals surface area contributed by atoms with Crippen molar-refractivity contribution >= 4 is 16.9 Å². The molecule has 1 unspecified atom stereocenters. The lowest BCUT2D eigenvalue weighted by atomic mass is 9.96. The summed E-state index contributed by atoms with van der Waals surface area (Å²) in [6.45, 7) is 4.08. The van der Waals surface area contributed by atoms with Crippen molar-refractivity contribution in [1.82, 2.24) is 9.88 Å². The summed E-state index contributed by atoms with van der Waals surface area (Å²) >= 11 is 0. The molecule has 7 nitrogen and oxygen atoms in total. The minimum absolute atomic E-state index is 0.0752. The van der Waals surface area contributed by atoms with Crippen LogP contribution in [0.3, 0.4) is 0 Å². The Labute approximate surface area is 196 Å². The normalized spacial score (nSPS) is 15.0. The molecule has 2 aromatic carbocycles. The number of nitrogens with zero attached hydrogens (tertiary/aromatic N) is 2. The Morgan fingerprint density at radius 3 is 2.53 bits per heavy atom. The van der Waals surface area contributed by atoms with E-state index in [-0.39, 0.29) is 23.6 Å². The zero-order valence-corrected chi connectivity index (χ0v) is 19.4. The van der Waals surface area contributed by atoms with E-state index in [1.165, 1.54) is 0 Å². The van der Waals surface area contributed by atoms with Crippen molar-refractivity contribution < 1.29 is 18.7 Å². The molecule has 0 saturated carbocycles. The number of aromatic nitrogens is 1. The summed E-state index contributed by atoms with van der Waals surface area (Å²) in [5.41, 5.74) is 3.90. The Hall–Kier alpha value is -4.13. The maximum Gasteiger partial charge on any atom is 0.291 e. The molecule has 0 spiro atoms. The Kier molecular flexibility index (Phi) is 5.32. The minimum atomic E-state index is -0.649. The van der Waals surface area contributed by atoms with Gasteiger partial charge in [0.15, 0.2) is 16.9 Å². The van der Waals surface area contributed by atoms with Gasteiger partial charge in [0.1, 0.15) is 5.58 Å². The molecule has 1 aliphatic heterocycles. The van der Waals surface area contributed by atoms with Crippen LogP contribution in [0.25, 0.3) is 11.0 Å². The summed E-state index contributed by atoms with van der Waals surface area (Å²) in [4.78, 5) is 33.3. The molecular formula is C27H24N2O5. The third-order valence-electron chi connectivity index (χ3n) is 6.21. The number of aryl methyl sites for hydroxylation is 2. The highest BCUT2D eigenvalue weighted by Gasteiger charge is 2.43. The molecule has 4 aromatic rings. The molecule has 1 atom stereocenters. The van der Waals surface area contributed by atoms with Crippen molar-refractivity contribution in [3.8, 4) is 11.5 Å². The molecule has 172 valence electrons. The van der Waals surface area contributed by atoms with Gasteiger partial charge in [-0.1, -0.05) is 18.2 Å². The Morgan fingerprint density at radius 1 is 1.03 bits per heavy atom. The topological polar surface area (TPSA) is 81.9 Å². The summed E-state index contributed by atoms with van der Waals surface area (Å²) in [7, 11) is 3.11. The van der Waals surface area contributed by atoms with Gasteiger partial charge in [0, 0.05) is 18.9 Å². The Morgan fingerprint density at radius 2 is 1.82 bits per heavy atom. The first-order valence-corrected chi connectivity index (χ1v) is 10.9. The highest BCUT2D eigenvalue weighted by Crippen LogP contribution is 2.41. The van der Waals surface area contributed by atoms with Gasteiger partial charge in [-0.3, -0.25) is 14.6 Å². The lowest BCUT2D eigenvalue weighted by Crippen LogP contribution is -2.29. The van der Waals surface area contributed by atoms with Gasteiger partial charge in [-0.05, 0) is 60.4 Å². The molecule has 3 heterocycles. The summed E-state index contributed by atoms with van der Waals surface area (Å²) in [5.74, 6) is 0.814. The summed E-state index contributed by atoms with van der Waals surface area (Å²) < 4.78 is 17.0. The zero-order chi connectivity index (χ0) is 24.0. The molecule has 0 N–H and O–H groups in total. The Balaban J connectivity index is 1.76. The van der Waals surface area contributed by atoms with E-state index in [4.69, 9.17) is 13.9 Å². The average molecular weight is 456 g/mol. The number of amides is 1. The van der Waals surface area contributed by atoms with Crippen LogP contribution in [0.15, 0.2) is 64.1 Å². The van der Waals surface area contributed by atoms with Crippen LogP contribution < -0.4 is 14.9 Å². The summed E-state index contributed by atoms with van der Waals surface area (Å²) in [6.07, 6.45) is 3.39. The number of hydrogen-bond donors (Lipinski definition) is 0. The van der Waals surface area contributed by atoms with E-state index in [0.717, 1.165) is 22.3 Å². The van der Waals surface area contributed by atoms with Gasteiger partial charge in [-0.15, -0.1) is 0 Å².